The van der Waals surface area contributed by atoms with Crippen LogP contribution in [-0.2, 0) is 0 Å². The third-order valence-electron chi connectivity index (χ3n) is 1.42. The van der Waals surface area contributed by atoms with Crippen LogP contribution in [0.15, 0.2) is 11.6 Å². The predicted octanol–water partition coefficient (Wildman–Crippen LogP) is 3.06. The lowest BCUT2D eigenvalue weighted by molar-refractivity contribution is -0.135. The summed E-state index contributed by atoms with van der Waals surface area (Å²) in [5.74, 6) is 0. The van der Waals surface area contributed by atoms with E-state index in [1.807, 2.05) is 0 Å². The highest BCUT2D eigenvalue weighted by Gasteiger charge is 2.25. The van der Waals surface area contributed by atoms with Crippen molar-refractivity contribution in [2.75, 3.05) is 13.1 Å². The Morgan fingerprint density at radius 1 is 1.23 bits per heavy atom. The Morgan fingerprint density at radius 3 is 2.46 bits per heavy atom. The van der Waals surface area contributed by atoms with Gasteiger partial charge in [0.2, 0.25) is 0 Å². The van der Waals surface area contributed by atoms with E-state index in [-0.39, 0.29) is 6.42 Å². The summed E-state index contributed by atoms with van der Waals surface area (Å²) in [6.45, 7) is 1.20. The van der Waals surface area contributed by atoms with E-state index >= 15 is 0 Å². The minimum absolute atomic E-state index is 0.182. The molecule has 0 radical (unpaired) electrons. The standard InChI is InChI=1S/C8H13ClF3N/c9-5-3-7-13-6-2-1-4-8(10,11)12/h3,5,13H,1-2,4,6-7H2/b5-3+. The maximum Gasteiger partial charge on any atom is 0.389 e. The van der Waals surface area contributed by atoms with Gasteiger partial charge in [-0.25, -0.2) is 0 Å². The minimum Gasteiger partial charge on any atom is -0.313 e. The molecule has 0 spiro atoms. The van der Waals surface area contributed by atoms with Crippen LogP contribution in [0.2, 0.25) is 0 Å². The molecule has 1 nitrogen and oxygen atoms in total. The van der Waals surface area contributed by atoms with Crippen LogP contribution >= 0.6 is 11.6 Å². The summed E-state index contributed by atoms with van der Waals surface area (Å²) in [4.78, 5) is 0. The number of halogens is 4. The largest absolute Gasteiger partial charge is 0.389 e. The van der Waals surface area contributed by atoms with Crippen molar-refractivity contribution < 1.29 is 13.2 Å². The first kappa shape index (κ1) is 12.8. The smallest absolute Gasteiger partial charge is 0.313 e. The molecule has 0 bridgehead atoms. The second-order valence-corrected chi connectivity index (χ2v) is 2.89. The molecule has 0 saturated heterocycles. The van der Waals surface area contributed by atoms with Gasteiger partial charge in [0.15, 0.2) is 0 Å². The summed E-state index contributed by atoms with van der Waals surface area (Å²) >= 11 is 5.23. The first-order valence-corrected chi connectivity index (χ1v) is 4.52. The number of unbranched alkanes of at least 4 members (excludes halogenated alkanes) is 1. The van der Waals surface area contributed by atoms with Crippen molar-refractivity contribution in [1.29, 1.82) is 0 Å². The van der Waals surface area contributed by atoms with E-state index < -0.39 is 12.6 Å². The summed E-state index contributed by atoms with van der Waals surface area (Å²) in [6, 6.07) is 0. The molecule has 0 aliphatic rings. The maximum atomic E-state index is 11.6. The topological polar surface area (TPSA) is 12.0 Å². The fourth-order valence-corrected chi connectivity index (χ4v) is 0.894. The van der Waals surface area contributed by atoms with Crippen LogP contribution in [0.25, 0.3) is 0 Å². The summed E-state index contributed by atoms with van der Waals surface area (Å²) < 4.78 is 34.9. The molecule has 0 aliphatic heterocycles. The number of alkyl halides is 3. The Labute approximate surface area is 81.0 Å². The molecule has 0 unspecified atom stereocenters. The first-order chi connectivity index (χ1) is 6.06. The molecule has 0 rings (SSSR count). The highest BCUT2D eigenvalue weighted by atomic mass is 35.5. The van der Waals surface area contributed by atoms with E-state index in [9.17, 15) is 13.2 Å². The molecule has 0 atom stereocenters. The average molecular weight is 216 g/mol. The van der Waals surface area contributed by atoms with E-state index in [4.69, 9.17) is 11.6 Å². The molecule has 13 heavy (non-hydrogen) atoms. The molecule has 5 heteroatoms. The fraction of sp³-hybridized carbons (Fsp3) is 0.750. The zero-order valence-corrected chi connectivity index (χ0v) is 7.96. The number of hydrogen-bond donors (Lipinski definition) is 1. The maximum absolute atomic E-state index is 11.6. The van der Waals surface area contributed by atoms with Crippen molar-refractivity contribution in [3.8, 4) is 0 Å². The Morgan fingerprint density at radius 2 is 1.92 bits per heavy atom. The van der Waals surface area contributed by atoms with Crippen molar-refractivity contribution in [3.05, 3.63) is 11.6 Å². The molecule has 0 aromatic rings. The quantitative estimate of drug-likeness (QED) is 0.672. The van der Waals surface area contributed by atoms with E-state index in [2.05, 4.69) is 5.32 Å². The molecule has 0 aliphatic carbocycles. The van der Waals surface area contributed by atoms with E-state index in [0.29, 0.717) is 19.5 Å². The molecular formula is C8H13ClF3N. The molecule has 78 valence electrons. The molecular weight excluding hydrogens is 203 g/mol. The van der Waals surface area contributed by atoms with Gasteiger partial charge in [-0.3, -0.25) is 0 Å². The van der Waals surface area contributed by atoms with Gasteiger partial charge in [-0.1, -0.05) is 17.7 Å². The Bertz CT molecular complexity index is 145. The summed E-state index contributed by atoms with van der Waals surface area (Å²) in [6.07, 6.45) is -2.29. The highest BCUT2D eigenvalue weighted by Crippen LogP contribution is 2.21. The van der Waals surface area contributed by atoms with Crippen molar-refractivity contribution in [1.82, 2.24) is 5.32 Å². The summed E-state index contributed by atoms with van der Waals surface area (Å²) in [7, 11) is 0. The number of nitrogens with one attached hydrogen (secondary N) is 1. The van der Waals surface area contributed by atoms with Gasteiger partial charge in [0.05, 0.1) is 0 Å². The molecule has 0 fully saturated rings. The van der Waals surface area contributed by atoms with Crippen LogP contribution in [0, 0.1) is 0 Å². The van der Waals surface area contributed by atoms with Gasteiger partial charge >= 0.3 is 6.18 Å². The molecule has 1 N–H and O–H groups in total. The van der Waals surface area contributed by atoms with Crippen LogP contribution in [0.3, 0.4) is 0 Å². The second kappa shape index (κ2) is 7.21. The van der Waals surface area contributed by atoms with Crippen LogP contribution in [0.5, 0.6) is 0 Å². The van der Waals surface area contributed by atoms with Gasteiger partial charge < -0.3 is 5.32 Å². The lowest BCUT2D eigenvalue weighted by atomic mass is 10.2. The monoisotopic (exact) mass is 215 g/mol. The molecule has 0 aromatic heterocycles. The summed E-state index contributed by atoms with van der Waals surface area (Å²) in [5, 5.41) is 2.93. The van der Waals surface area contributed by atoms with Gasteiger partial charge in [-0.05, 0) is 19.4 Å². The predicted molar refractivity (Wildman–Crippen MR) is 47.8 cm³/mol. The SMILES string of the molecule is FC(F)(F)CCCCNC/C=C/Cl. The van der Waals surface area contributed by atoms with Crippen molar-refractivity contribution in [2.45, 2.75) is 25.4 Å². The summed E-state index contributed by atoms with van der Waals surface area (Å²) in [5.41, 5.74) is 1.38. The van der Waals surface area contributed by atoms with Crippen LogP contribution in [-0.4, -0.2) is 19.3 Å². The third kappa shape index (κ3) is 11.8. The highest BCUT2D eigenvalue weighted by molar-refractivity contribution is 6.25. The lowest BCUT2D eigenvalue weighted by Crippen LogP contribution is -2.16. The van der Waals surface area contributed by atoms with Crippen molar-refractivity contribution >= 4 is 11.6 Å². The normalized spacial score (nSPS) is 12.6. The van der Waals surface area contributed by atoms with E-state index in [1.165, 1.54) is 5.54 Å². The van der Waals surface area contributed by atoms with E-state index in [0.717, 1.165) is 0 Å². The minimum atomic E-state index is -4.02. The Kier molecular flexibility index (Phi) is 7.09. The zero-order valence-electron chi connectivity index (χ0n) is 7.20. The van der Waals surface area contributed by atoms with Crippen molar-refractivity contribution in [2.24, 2.45) is 0 Å². The van der Waals surface area contributed by atoms with Gasteiger partial charge in [0.1, 0.15) is 0 Å². The third-order valence-corrected chi connectivity index (χ3v) is 1.59. The van der Waals surface area contributed by atoms with Crippen LogP contribution in [0.1, 0.15) is 19.3 Å². The molecule has 0 aromatic carbocycles. The van der Waals surface area contributed by atoms with Crippen LogP contribution < -0.4 is 5.32 Å². The average Bonchev–Trinajstić information content (AvgIpc) is 2.01. The fourth-order valence-electron chi connectivity index (χ4n) is 0.805. The zero-order chi connectivity index (χ0) is 10.2. The number of hydrogen-bond acceptors (Lipinski definition) is 1. The molecule has 0 heterocycles. The van der Waals surface area contributed by atoms with Crippen molar-refractivity contribution in [3.63, 3.8) is 0 Å². The first-order valence-electron chi connectivity index (χ1n) is 4.09. The number of rotatable bonds is 6. The second-order valence-electron chi connectivity index (χ2n) is 2.64. The Balaban J connectivity index is 3.09. The van der Waals surface area contributed by atoms with Gasteiger partial charge in [0.25, 0.3) is 0 Å². The molecule has 0 amide bonds. The Hall–Kier alpha value is -0.220. The van der Waals surface area contributed by atoms with Gasteiger partial charge in [-0.2, -0.15) is 13.2 Å². The lowest BCUT2D eigenvalue weighted by Gasteiger charge is -2.05. The van der Waals surface area contributed by atoms with Crippen LogP contribution in [0.4, 0.5) is 13.2 Å². The van der Waals surface area contributed by atoms with Gasteiger partial charge in [0, 0.05) is 18.5 Å². The van der Waals surface area contributed by atoms with Gasteiger partial charge in [-0.15, -0.1) is 0 Å². The molecule has 0 saturated carbocycles. The van der Waals surface area contributed by atoms with E-state index in [1.54, 1.807) is 6.08 Å².